The van der Waals surface area contributed by atoms with Gasteiger partial charge in [0, 0.05) is 12.1 Å². The summed E-state index contributed by atoms with van der Waals surface area (Å²) in [6, 6.07) is 19.7. The zero-order chi connectivity index (χ0) is 23.9. The number of nitrogens with zero attached hydrogens (tertiary/aromatic N) is 1. The molecule has 0 amide bonds. The van der Waals surface area contributed by atoms with Gasteiger partial charge >= 0.3 is 5.69 Å². The molecule has 1 N–H and O–H groups in total. The van der Waals surface area contributed by atoms with Crippen LogP contribution in [0.15, 0.2) is 93.6 Å². The maximum Gasteiger partial charge on any atom is 0.328 e. The summed E-state index contributed by atoms with van der Waals surface area (Å²) in [5, 5.41) is 0. The number of aromatic amines is 1. The van der Waals surface area contributed by atoms with Crippen LogP contribution in [0.3, 0.4) is 0 Å². The van der Waals surface area contributed by atoms with Gasteiger partial charge < -0.3 is 9.47 Å². The van der Waals surface area contributed by atoms with Gasteiger partial charge in [0.05, 0.1) is 37.5 Å². The number of hydrogen-bond donors (Lipinski definition) is 1. The third-order valence-electron chi connectivity index (χ3n) is 6.10. The lowest BCUT2D eigenvalue weighted by Crippen LogP contribution is -2.33. The van der Waals surface area contributed by atoms with Crippen molar-refractivity contribution in [2.45, 2.75) is 31.8 Å². The van der Waals surface area contributed by atoms with E-state index < -0.39 is 11.2 Å². The molecule has 1 fully saturated rings. The molecule has 34 heavy (non-hydrogen) atoms. The monoisotopic (exact) mass is 522 g/mol. The third-order valence-corrected chi connectivity index (χ3v) is 6.36. The summed E-state index contributed by atoms with van der Waals surface area (Å²) in [5.74, 6) is -0.0913. The van der Waals surface area contributed by atoms with Crippen LogP contribution in [-0.2, 0) is 22.7 Å². The van der Waals surface area contributed by atoms with Crippen LogP contribution < -0.4 is 11.2 Å². The molecule has 0 bridgehead atoms. The Morgan fingerprint density at radius 1 is 1.03 bits per heavy atom. The molecule has 7 heteroatoms. The molecular weight excluding hydrogens is 496 g/mol. The molecular formula is C27H27BrN2O4. The zero-order valence-electron chi connectivity index (χ0n) is 18.7. The summed E-state index contributed by atoms with van der Waals surface area (Å²) in [4.78, 5) is 28.8. The summed E-state index contributed by atoms with van der Waals surface area (Å²) in [6.07, 6.45) is 3.57. The number of nitrogens with one attached hydrogen (secondary N) is 1. The number of H-pyrrole nitrogens is 1. The highest BCUT2D eigenvalue weighted by molar-refractivity contribution is 9.11. The molecule has 0 aliphatic heterocycles. The number of hydrogen-bond acceptors (Lipinski definition) is 4. The van der Waals surface area contributed by atoms with Crippen LogP contribution in [-0.4, -0.2) is 22.3 Å². The second-order valence-electron chi connectivity index (χ2n) is 8.31. The van der Waals surface area contributed by atoms with E-state index in [-0.39, 0.29) is 18.1 Å². The van der Waals surface area contributed by atoms with E-state index in [9.17, 15) is 9.59 Å². The van der Waals surface area contributed by atoms with Crippen molar-refractivity contribution in [1.29, 1.82) is 0 Å². The molecule has 4 rings (SSSR count). The molecule has 0 radical (unpaired) electrons. The minimum atomic E-state index is -0.462. The summed E-state index contributed by atoms with van der Waals surface area (Å²) >= 11 is 3.19. The van der Waals surface area contributed by atoms with Gasteiger partial charge in [-0.25, -0.2) is 4.79 Å². The number of halogens is 1. The highest BCUT2D eigenvalue weighted by Crippen LogP contribution is 2.40. The normalized spacial score (nSPS) is 20.3. The van der Waals surface area contributed by atoms with Crippen LogP contribution in [0.1, 0.15) is 29.2 Å². The molecule has 1 saturated carbocycles. The van der Waals surface area contributed by atoms with Crippen LogP contribution in [0, 0.1) is 5.92 Å². The standard InChI is InChI=1S/C27H27BrN2O4/c1-19-23(18-33-16-20-8-4-2-5-9-20)25(34-17-21-10-6-3-7-11-21)14-24(19)30-15-22(12-13-28)26(31)29-27(30)32/h2-13,15,23-25H,1,14,16-18H2,(H,29,31,32)/b13-12+/t23-,24-,25-/m0/s1. The maximum absolute atomic E-state index is 12.7. The Hall–Kier alpha value is -3.00. The molecule has 0 unspecified atom stereocenters. The van der Waals surface area contributed by atoms with Gasteiger partial charge in [0.15, 0.2) is 0 Å². The quantitative estimate of drug-likeness (QED) is 0.409. The molecule has 0 spiro atoms. The molecule has 0 saturated heterocycles. The van der Waals surface area contributed by atoms with Gasteiger partial charge in [0.2, 0.25) is 0 Å². The molecule has 3 atom stereocenters. The van der Waals surface area contributed by atoms with Gasteiger partial charge in [-0.1, -0.05) is 83.2 Å². The van der Waals surface area contributed by atoms with Crippen LogP contribution >= 0.6 is 15.9 Å². The summed E-state index contributed by atoms with van der Waals surface area (Å²) in [5.41, 5.74) is 2.51. The zero-order valence-corrected chi connectivity index (χ0v) is 20.3. The topological polar surface area (TPSA) is 73.3 Å². The van der Waals surface area contributed by atoms with Crippen molar-refractivity contribution in [1.82, 2.24) is 9.55 Å². The lowest BCUT2D eigenvalue weighted by Gasteiger charge is -2.21. The van der Waals surface area contributed by atoms with Crippen LogP contribution in [0.25, 0.3) is 6.08 Å². The summed E-state index contributed by atoms with van der Waals surface area (Å²) < 4.78 is 13.9. The van der Waals surface area contributed by atoms with Crippen LogP contribution in [0.5, 0.6) is 0 Å². The third kappa shape index (κ3) is 5.73. The van der Waals surface area contributed by atoms with Crippen LogP contribution in [0.2, 0.25) is 0 Å². The maximum atomic E-state index is 12.7. The molecule has 1 aliphatic carbocycles. The fourth-order valence-electron chi connectivity index (χ4n) is 4.29. The number of aromatic nitrogens is 2. The molecule has 1 aliphatic rings. The van der Waals surface area contributed by atoms with Gasteiger partial charge in [-0.3, -0.25) is 14.3 Å². The largest absolute Gasteiger partial charge is 0.376 e. The van der Waals surface area contributed by atoms with Crippen molar-refractivity contribution in [2.24, 2.45) is 5.92 Å². The van der Waals surface area contributed by atoms with Crippen molar-refractivity contribution in [2.75, 3.05) is 6.61 Å². The lowest BCUT2D eigenvalue weighted by atomic mass is 10.0. The van der Waals surface area contributed by atoms with E-state index in [0.717, 1.165) is 16.7 Å². The second kappa shape index (κ2) is 11.4. The van der Waals surface area contributed by atoms with E-state index in [1.807, 2.05) is 60.7 Å². The Labute approximate surface area is 206 Å². The first-order valence-corrected chi connectivity index (χ1v) is 12.1. The number of rotatable bonds is 9. The van der Waals surface area contributed by atoms with Gasteiger partial charge in [-0.15, -0.1) is 0 Å². The number of ether oxygens (including phenoxy) is 2. The Morgan fingerprint density at radius 2 is 1.68 bits per heavy atom. The SMILES string of the molecule is C=C1[C@H](COCc2ccccc2)[C@@H](OCc2ccccc2)C[C@@H]1n1cc(/C=C/Br)c(=O)[nH]c1=O. The average molecular weight is 523 g/mol. The summed E-state index contributed by atoms with van der Waals surface area (Å²) in [6.45, 7) is 5.69. The molecule has 2 aromatic carbocycles. The van der Waals surface area contributed by atoms with E-state index in [1.54, 1.807) is 21.8 Å². The van der Waals surface area contributed by atoms with Crippen molar-refractivity contribution in [3.05, 3.63) is 122 Å². The Kier molecular flexibility index (Phi) is 8.11. The van der Waals surface area contributed by atoms with E-state index in [0.29, 0.717) is 31.8 Å². The van der Waals surface area contributed by atoms with Crippen molar-refractivity contribution in [3.8, 4) is 0 Å². The number of benzene rings is 2. The van der Waals surface area contributed by atoms with E-state index in [1.165, 1.54) is 0 Å². The summed E-state index contributed by atoms with van der Waals surface area (Å²) in [7, 11) is 0. The highest BCUT2D eigenvalue weighted by Gasteiger charge is 2.40. The first-order valence-electron chi connectivity index (χ1n) is 11.1. The Bertz CT molecular complexity index is 1250. The molecule has 176 valence electrons. The van der Waals surface area contributed by atoms with Gasteiger partial charge in [0.1, 0.15) is 0 Å². The first kappa shape index (κ1) is 24.1. The van der Waals surface area contributed by atoms with Gasteiger partial charge in [0.25, 0.3) is 5.56 Å². The second-order valence-corrected chi connectivity index (χ2v) is 8.84. The molecule has 3 aromatic rings. The van der Waals surface area contributed by atoms with E-state index in [4.69, 9.17) is 9.47 Å². The highest BCUT2D eigenvalue weighted by atomic mass is 79.9. The molecule has 6 nitrogen and oxygen atoms in total. The molecule has 1 aromatic heterocycles. The van der Waals surface area contributed by atoms with Crippen LogP contribution in [0.4, 0.5) is 0 Å². The Balaban J connectivity index is 1.55. The minimum Gasteiger partial charge on any atom is -0.376 e. The fraction of sp³-hybridized carbons (Fsp3) is 0.259. The molecule has 1 heterocycles. The Morgan fingerprint density at radius 3 is 2.32 bits per heavy atom. The predicted octanol–water partition coefficient (Wildman–Crippen LogP) is 4.82. The predicted molar refractivity (Wildman–Crippen MR) is 137 cm³/mol. The van der Waals surface area contributed by atoms with Crippen molar-refractivity contribution < 1.29 is 9.47 Å². The average Bonchev–Trinajstić information content (AvgIpc) is 3.16. The van der Waals surface area contributed by atoms with E-state index in [2.05, 4.69) is 27.5 Å². The van der Waals surface area contributed by atoms with Gasteiger partial charge in [-0.2, -0.15) is 0 Å². The smallest absolute Gasteiger partial charge is 0.328 e. The minimum absolute atomic E-state index is 0.0913. The van der Waals surface area contributed by atoms with Crippen molar-refractivity contribution in [3.63, 3.8) is 0 Å². The van der Waals surface area contributed by atoms with Gasteiger partial charge in [-0.05, 0) is 34.2 Å². The lowest BCUT2D eigenvalue weighted by molar-refractivity contribution is -0.0122. The van der Waals surface area contributed by atoms with E-state index >= 15 is 0 Å². The first-order chi connectivity index (χ1) is 16.6. The fourth-order valence-corrected chi connectivity index (χ4v) is 4.57. The van der Waals surface area contributed by atoms with Crippen molar-refractivity contribution >= 4 is 22.0 Å².